The van der Waals surface area contributed by atoms with Crippen molar-refractivity contribution in [1.29, 1.82) is 0 Å². The average molecular weight is 213 g/mol. The maximum atomic E-state index is 10.4. The van der Waals surface area contributed by atoms with Crippen LogP contribution in [0.1, 0.15) is 0 Å². The molecule has 1 amide bonds. The van der Waals surface area contributed by atoms with E-state index in [1.54, 1.807) is 0 Å². The minimum absolute atomic E-state index is 0.295. The normalized spacial score (nSPS) is 10.4. The van der Waals surface area contributed by atoms with E-state index in [9.17, 15) is 4.79 Å². The van der Waals surface area contributed by atoms with Crippen molar-refractivity contribution in [2.24, 2.45) is 0 Å². The summed E-state index contributed by atoms with van der Waals surface area (Å²) in [7, 11) is 0. The lowest BCUT2D eigenvalue weighted by atomic mass is 10.4. The third kappa shape index (κ3) is 1.47. The minimum atomic E-state index is -1.15. The second-order valence-electron chi connectivity index (χ2n) is 2.53. The number of pyridine rings is 1. The monoisotopic (exact) mass is 212 g/mol. The van der Waals surface area contributed by atoms with Gasteiger partial charge in [-0.1, -0.05) is 11.6 Å². The molecule has 0 radical (unpaired) electrons. The van der Waals surface area contributed by atoms with Gasteiger partial charge in [0.25, 0.3) is 0 Å². The van der Waals surface area contributed by atoms with Crippen molar-refractivity contribution in [2.45, 2.75) is 0 Å². The molecule has 72 valence electrons. The number of rotatable bonds is 1. The summed E-state index contributed by atoms with van der Waals surface area (Å²) in [6.45, 7) is 0. The molecule has 0 aliphatic carbocycles. The summed E-state index contributed by atoms with van der Waals surface area (Å²) >= 11 is 5.81. The zero-order chi connectivity index (χ0) is 10.1. The first-order chi connectivity index (χ1) is 6.66. The summed E-state index contributed by atoms with van der Waals surface area (Å²) in [5.41, 5.74) is 0.851. The summed E-state index contributed by atoms with van der Waals surface area (Å²) in [5.74, 6) is 0. The topological polar surface area (TPSA) is 79.5 Å². The van der Waals surface area contributed by atoms with Crippen molar-refractivity contribution in [3.8, 4) is 0 Å². The van der Waals surface area contributed by atoms with Crippen LogP contribution in [-0.4, -0.2) is 25.8 Å². The van der Waals surface area contributed by atoms with Crippen molar-refractivity contribution >= 4 is 29.0 Å². The van der Waals surface area contributed by atoms with E-state index < -0.39 is 6.09 Å². The van der Waals surface area contributed by atoms with Crippen molar-refractivity contribution in [2.75, 3.05) is 5.32 Å². The number of hydrogen-bond acceptors (Lipinski definition) is 3. The Kier molecular flexibility index (Phi) is 1.97. The second kappa shape index (κ2) is 3.15. The molecule has 0 aromatic carbocycles. The predicted molar refractivity (Wildman–Crippen MR) is 49.6 cm³/mol. The molecular weight excluding hydrogens is 208 g/mol. The number of nitrogens with zero attached hydrogens (tertiary/aromatic N) is 3. The molecule has 0 saturated carbocycles. The van der Waals surface area contributed by atoms with Crippen LogP contribution in [-0.2, 0) is 0 Å². The Hall–Kier alpha value is -1.82. The SMILES string of the molecule is O=C(O)Nc1cc(Cl)n2ncnc2c1. The summed E-state index contributed by atoms with van der Waals surface area (Å²) < 4.78 is 1.40. The highest BCUT2D eigenvalue weighted by Gasteiger charge is 2.05. The van der Waals surface area contributed by atoms with Gasteiger partial charge in [0.1, 0.15) is 11.5 Å². The molecule has 2 N–H and O–H groups in total. The van der Waals surface area contributed by atoms with Crippen LogP contribution >= 0.6 is 11.6 Å². The number of hydrogen-bond donors (Lipinski definition) is 2. The van der Waals surface area contributed by atoms with Crippen LogP contribution in [0.25, 0.3) is 5.65 Å². The Morgan fingerprint density at radius 3 is 3.07 bits per heavy atom. The maximum Gasteiger partial charge on any atom is 0.409 e. The molecule has 0 atom stereocenters. The molecule has 0 aliphatic heterocycles. The molecule has 2 aromatic heterocycles. The van der Waals surface area contributed by atoms with Gasteiger partial charge < -0.3 is 5.11 Å². The maximum absolute atomic E-state index is 10.4. The minimum Gasteiger partial charge on any atom is -0.465 e. The van der Waals surface area contributed by atoms with Crippen molar-refractivity contribution < 1.29 is 9.90 Å². The molecule has 0 saturated heterocycles. The number of anilines is 1. The van der Waals surface area contributed by atoms with Gasteiger partial charge in [-0.2, -0.15) is 5.10 Å². The highest BCUT2D eigenvalue weighted by atomic mass is 35.5. The zero-order valence-electron chi connectivity index (χ0n) is 6.81. The highest BCUT2D eigenvalue weighted by Crippen LogP contribution is 2.17. The Labute approximate surface area is 83.1 Å². The van der Waals surface area contributed by atoms with Crippen molar-refractivity contribution in [3.05, 3.63) is 23.6 Å². The largest absolute Gasteiger partial charge is 0.465 e. The van der Waals surface area contributed by atoms with E-state index in [-0.39, 0.29) is 0 Å². The first-order valence-electron chi connectivity index (χ1n) is 3.66. The van der Waals surface area contributed by atoms with E-state index in [4.69, 9.17) is 16.7 Å². The van der Waals surface area contributed by atoms with Crippen LogP contribution < -0.4 is 5.32 Å². The average Bonchev–Trinajstić information content (AvgIpc) is 2.50. The Morgan fingerprint density at radius 1 is 1.57 bits per heavy atom. The predicted octanol–water partition coefficient (Wildman–Crippen LogP) is 1.47. The molecule has 6 nitrogen and oxygen atoms in total. The Morgan fingerprint density at radius 2 is 2.36 bits per heavy atom. The van der Waals surface area contributed by atoms with Gasteiger partial charge in [0.2, 0.25) is 0 Å². The Balaban J connectivity index is 2.53. The summed E-state index contributed by atoms with van der Waals surface area (Å²) in [5, 5.41) is 14.8. The molecule has 0 aliphatic rings. The zero-order valence-corrected chi connectivity index (χ0v) is 7.56. The molecule has 0 spiro atoms. The fraction of sp³-hybridized carbons (Fsp3) is 0. The summed E-state index contributed by atoms with van der Waals surface area (Å²) in [6, 6.07) is 2.99. The number of carboxylic acid groups (broad SMARTS) is 1. The standard InChI is InChI=1S/C7H5ClN4O2/c8-5-1-4(11-7(13)14)2-6-9-3-10-12(5)6/h1-3,11H,(H,13,14). The van der Waals surface area contributed by atoms with Gasteiger partial charge >= 0.3 is 6.09 Å². The van der Waals surface area contributed by atoms with Gasteiger partial charge in [-0.05, 0) is 6.07 Å². The third-order valence-electron chi connectivity index (χ3n) is 1.59. The van der Waals surface area contributed by atoms with E-state index in [0.29, 0.717) is 16.5 Å². The van der Waals surface area contributed by atoms with E-state index >= 15 is 0 Å². The molecule has 2 rings (SSSR count). The number of fused-ring (bicyclic) bond motifs is 1. The fourth-order valence-corrected chi connectivity index (χ4v) is 1.33. The van der Waals surface area contributed by atoms with E-state index in [2.05, 4.69) is 15.4 Å². The molecular formula is C7H5ClN4O2. The van der Waals surface area contributed by atoms with Crippen molar-refractivity contribution in [1.82, 2.24) is 14.6 Å². The molecule has 7 heteroatoms. The lowest BCUT2D eigenvalue weighted by Gasteiger charge is -2.02. The van der Waals surface area contributed by atoms with Crippen LogP contribution in [0, 0.1) is 0 Å². The van der Waals surface area contributed by atoms with Crippen LogP contribution in [0.3, 0.4) is 0 Å². The van der Waals surface area contributed by atoms with Gasteiger partial charge in [-0.3, -0.25) is 5.32 Å². The molecule has 2 aromatic rings. The fourth-order valence-electron chi connectivity index (χ4n) is 1.08. The summed E-state index contributed by atoms with van der Waals surface area (Å²) in [6.07, 6.45) is 0.191. The number of aromatic nitrogens is 3. The lowest BCUT2D eigenvalue weighted by Crippen LogP contribution is -2.07. The number of halogens is 1. The lowest BCUT2D eigenvalue weighted by molar-refractivity contribution is 0.210. The van der Waals surface area contributed by atoms with Crippen LogP contribution in [0.2, 0.25) is 5.15 Å². The third-order valence-corrected chi connectivity index (χ3v) is 1.86. The van der Waals surface area contributed by atoms with Crippen LogP contribution in [0.4, 0.5) is 10.5 Å². The second-order valence-corrected chi connectivity index (χ2v) is 2.91. The van der Waals surface area contributed by atoms with E-state index in [0.717, 1.165) is 0 Å². The van der Waals surface area contributed by atoms with Gasteiger partial charge in [0.05, 0.1) is 5.69 Å². The van der Waals surface area contributed by atoms with Gasteiger partial charge in [-0.25, -0.2) is 14.3 Å². The number of nitrogens with one attached hydrogen (secondary N) is 1. The molecule has 2 heterocycles. The van der Waals surface area contributed by atoms with E-state index in [1.165, 1.54) is 23.0 Å². The smallest absolute Gasteiger partial charge is 0.409 e. The first kappa shape index (κ1) is 8.76. The molecule has 14 heavy (non-hydrogen) atoms. The van der Waals surface area contributed by atoms with E-state index in [1.807, 2.05) is 0 Å². The highest BCUT2D eigenvalue weighted by molar-refractivity contribution is 6.30. The van der Waals surface area contributed by atoms with Gasteiger partial charge in [-0.15, -0.1) is 0 Å². The first-order valence-corrected chi connectivity index (χ1v) is 4.04. The number of carbonyl (C=O) groups is 1. The van der Waals surface area contributed by atoms with Crippen molar-refractivity contribution in [3.63, 3.8) is 0 Å². The van der Waals surface area contributed by atoms with Crippen LogP contribution in [0.15, 0.2) is 18.5 Å². The quantitative estimate of drug-likeness (QED) is 0.702. The van der Waals surface area contributed by atoms with Crippen LogP contribution in [0.5, 0.6) is 0 Å². The van der Waals surface area contributed by atoms with Gasteiger partial charge in [0.15, 0.2) is 5.65 Å². The molecule has 0 unspecified atom stereocenters. The Bertz CT molecular complexity index is 495. The summed E-state index contributed by atoms with van der Waals surface area (Å²) in [4.78, 5) is 14.2. The molecule has 0 bridgehead atoms. The van der Waals surface area contributed by atoms with Gasteiger partial charge in [0, 0.05) is 6.07 Å². The number of amides is 1. The molecule has 0 fully saturated rings.